The van der Waals surface area contributed by atoms with Crippen molar-refractivity contribution in [1.29, 1.82) is 0 Å². The number of benzene rings is 1. The number of nitrogens with one attached hydrogen (secondary N) is 2. The molecule has 0 radical (unpaired) electrons. The van der Waals surface area contributed by atoms with Gasteiger partial charge in [-0.2, -0.15) is 0 Å². The molecule has 2 saturated heterocycles. The summed E-state index contributed by atoms with van der Waals surface area (Å²) in [5, 5.41) is 6.33. The van der Waals surface area contributed by atoms with Crippen LogP contribution in [0.15, 0.2) is 30.3 Å². The Hall–Kier alpha value is -1.88. The molecule has 0 spiro atoms. The summed E-state index contributed by atoms with van der Waals surface area (Å²) in [6.45, 7) is 2.41. The fourth-order valence-corrected chi connectivity index (χ4v) is 3.43. The molecule has 5 nitrogen and oxygen atoms in total. The Morgan fingerprint density at radius 1 is 1.13 bits per heavy atom. The summed E-state index contributed by atoms with van der Waals surface area (Å²) in [4.78, 5) is 26.5. The first-order valence-electron chi connectivity index (χ1n) is 8.59. The molecule has 124 valence electrons. The highest BCUT2D eigenvalue weighted by molar-refractivity contribution is 5.92. The maximum atomic E-state index is 12.3. The van der Waals surface area contributed by atoms with E-state index in [0.29, 0.717) is 25.6 Å². The highest BCUT2D eigenvalue weighted by Gasteiger charge is 2.28. The number of carbonyl (C=O) groups is 2. The van der Waals surface area contributed by atoms with Gasteiger partial charge in [-0.1, -0.05) is 18.2 Å². The van der Waals surface area contributed by atoms with E-state index < -0.39 is 0 Å². The van der Waals surface area contributed by atoms with Crippen molar-refractivity contribution in [1.82, 2.24) is 10.2 Å². The fraction of sp³-hybridized carbons (Fsp3) is 0.556. The van der Waals surface area contributed by atoms with Crippen LogP contribution in [-0.2, 0) is 9.59 Å². The van der Waals surface area contributed by atoms with Crippen molar-refractivity contribution in [3.05, 3.63) is 30.3 Å². The monoisotopic (exact) mass is 315 g/mol. The third kappa shape index (κ3) is 4.32. The second kappa shape index (κ2) is 7.59. The molecule has 0 aliphatic carbocycles. The first-order chi connectivity index (χ1) is 11.2. The van der Waals surface area contributed by atoms with Gasteiger partial charge in [0.2, 0.25) is 11.8 Å². The number of hydrogen-bond donors (Lipinski definition) is 2. The second-order valence-electron chi connectivity index (χ2n) is 6.51. The standard InChI is InChI=1S/C18H25N3O2/c22-17(13-16-7-4-10-19-16)21-11-8-14(9-12-21)18(23)20-15-5-2-1-3-6-15/h1-3,5-6,14,16,19H,4,7-13H2,(H,20,23). The second-order valence-corrected chi connectivity index (χ2v) is 6.51. The maximum Gasteiger partial charge on any atom is 0.227 e. The molecule has 2 aliphatic heterocycles. The van der Waals surface area contributed by atoms with Gasteiger partial charge in [-0.25, -0.2) is 0 Å². The number of carbonyl (C=O) groups excluding carboxylic acids is 2. The molecule has 23 heavy (non-hydrogen) atoms. The van der Waals surface area contributed by atoms with Gasteiger partial charge in [-0.05, 0) is 44.4 Å². The van der Waals surface area contributed by atoms with E-state index in [2.05, 4.69) is 10.6 Å². The molecule has 2 heterocycles. The third-order valence-electron chi connectivity index (χ3n) is 4.84. The van der Waals surface area contributed by atoms with Crippen LogP contribution in [0.3, 0.4) is 0 Å². The van der Waals surface area contributed by atoms with Crippen LogP contribution in [-0.4, -0.2) is 42.4 Å². The van der Waals surface area contributed by atoms with Gasteiger partial charge in [0.15, 0.2) is 0 Å². The molecular formula is C18H25N3O2. The fourth-order valence-electron chi connectivity index (χ4n) is 3.43. The Kier molecular flexibility index (Phi) is 5.28. The Morgan fingerprint density at radius 3 is 2.52 bits per heavy atom. The van der Waals surface area contributed by atoms with E-state index in [4.69, 9.17) is 0 Å². The van der Waals surface area contributed by atoms with Gasteiger partial charge in [0.1, 0.15) is 0 Å². The predicted octanol–water partition coefficient (Wildman–Crippen LogP) is 2.01. The summed E-state index contributed by atoms with van der Waals surface area (Å²) in [6.07, 6.45) is 4.37. The minimum atomic E-state index is 0.00358. The first kappa shape index (κ1) is 16.0. The van der Waals surface area contributed by atoms with Gasteiger partial charge in [-0.3, -0.25) is 9.59 Å². The van der Waals surface area contributed by atoms with Gasteiger partial charge in [0.05, 0.1) is 0 Å². The molecule has 3 rings (SSSR count). The van der Waals surface area contributed by atoms with E-state index in [9.17, 15) is 9.59 Å². The van der Waals surface area contributed by atoms with Crippen LogP contribution in [0, 0.1) is 5.92 Å². The van der Waals surface area contributed by atoms with E-state index in [-0.39, 0.29) is 17.7 Å². The van der Waals surface area contributed by atoms with Crippen molar-refractivity contribution in [3.8, 4) is 0 Å². The van der Waals surface area contributed by atoms with Crippen LogP contribution >= 0.6 is 0 Å². The van der Waals surface area contributed by atoms with Crippen LogP contribution in [0.1, 0.15) is 32.1 Å². The third-order valence-corrected chi connectivity index (χ3v) is 4.84. The average molecular weight is 315 g/mol. The lowest BCUT2D eigenvalue weighted by Gasteiger charge is -2.32. The SMILES string of the molecule is O=C(Nc1ccccc1)C1CCN(C(=O)CC2CCCN2)CC1. The largest absolute Gasteiger partial charge is 0.343 e. The number of piperidine rings is 1. The summed E-state index contributed by atoms with van der Waals surface area (Å²) in [5.41, 5.74) is 0.836. The van der Waals surface area contributed by atoms with Crippen molar-refractivity contribution in [3.63, 3.8) is 0 Å². The highest BCUT2D eigenvalue weighted by Crippen LogP contribution is 2.21. The Morgan fingerprint density at radius 2 is 1.87 bits per heavy atom. The topological polar surface area (TPSA) is 61.4 Å². The molecule has 0 saturated carbocycles. The normalized spacial score (nSPS) is 22.1. The molecule has 1 aromatic carbocycles. The Bertz CT molecular complexity index is 532. The summed E-state index contributed by atoms with van der Waals surface area (Å²) in [5.74, 6) is 0.302. The molecule has 1 aromatic rings. The maximum absolute atomic E-state index is 12.3. The average Bonchev–Trinajstić information content (AvgIpc) is 3.09. The number of para-hydroxylation sites is 1. The molecule has 2 amide bonds. The minimum Gasteiger partial charge on any atom is -0.343 e. The van der Waals surface area contributed by atoms with Gasteiger partial charge in [-0.15, -0.1) is 0 Å². The van der Waals surface area contributed by atoms with Gasteiger partial charge >= 0.3 is 0 Å². The molecule has 2 N–H and O–H groups in total. The van der Waals surface area contributed by atoms with Gasteiger partial charge in [0.25, 0.3) is 0 Å². The molecule has 2 fully saturated rings. The molecule has 2 aliphatic rings. The van der Waals surface area contributed by atoms with Crippen LogP contribution in [0.2, 0.25) is 0 Å². The summed E-state index contributed by atoms with van der Waals surface area (Å²) < 4.78 is 0. The van der Waals surface area contributed by atoms with Crippen LogP contribution < -0.4 is 10.6 Å². The zero-order valence-electron chi connectivity index (χ0n) is 13.5. The molecular weight excluding hydrogens is 290 g/mol. The Balaban J connectivity index is 1.44. The molecule has 1 atom stereocenters. The summed E-state index contributed by atoms with van der Waals surface area (Å²) in [7, 11) is 0. The number of hydrogen-bond acceptors (Lipinski definition) is 3. The van der Waals surface area contributed by atoms with E-state index in [1.54, 1.807) is 0 Å². The number of amides is 2. The Labute approximate surface area is 137 Å². The molecule has 0 aromatic heterocycles. The zero-order valence-corrected chi connectivity index (χ0v) is 13.5. The lowest BCUT2D eigenvalue weighted by atomic mass is 9.95. The molecule has 5 heteroatoms. The van der Waals surface area contributed by atoms with Gasteiger partial charge in [0, 0.05) is 37.2 Å². The number of anilines is 1. The zero-order chi connectivity index (χ0) is 16.1. The summed E-state index contributed by atoms with van der Waals surface area (Å²) in [6, 6.07) is 9.89. The smallest absolute Gasteiger partial charge is 0.227 e. The van der Waals surface area contributed by atoms with Crippen LogP contribution in [0.4, 0.5) is 5.69 Å². The van der Waals surface area contributed by atoms with Crippen LogP contribution in [0.5, 0.6) is 0 Å². The number of likely N-dealkylation sites (tertiary alicyclic amines) is 1. The van der Waals surface area contributed by atoms with Gasteiger partial charge < -0.3 is 15.5 Å². The minimum absolute atomic E-state index is 0.00358. The number of rotatable bonds is 4. The van der Waals surface area contributed by atoms with E-state index >= 15 is 0 Å². The van der Waals surface area contributed by atoms with Crippen molar-refractivity contribution in [2.24, 2.45) is 5.92 Å². The molecule has 1 unspecified atom stereocenters. The van der Waals surface area contributed by atoms with E-state index in [1.165, 1.54) is 6.42 Å². The highest BCUT2D eigenvalue weighted by atomic mass is 16.2. The lowest BCUT2D eigenvalue weighted by molar-refractivity contribution is -0.134. The quantitative estimate of drug-likeness (QED) is 0.893. The van der Waals surface area contributed by atoms with Crippen molar-refractivity contribution in [2.75, 3.05) is 25.0 Å². The van der Waals surface area contributed by atoms with E-state index in [1.807, 2.05) is 35.2 Å². The van der Waals surface area contributed by atoms with Crippen molar-refractivity contribution >= 4 is 17.5 Å². The van der Waals surface area contributed by atoms with E-state index in [0.717, 1.165) is 31.5 Å². The first-order valence-corrected chi connectivity index (χ1v) is 8.59. The van der Waals surface area contributed by atoms with Crippen molar-refractivity contribution < 1.29 is 9.59 Å². The molecule has 0 bridgehead atoms. The lowest BCUT2D eigenvalue weighted by Crippen LogP contribution is -2.43. The predicted molar refractivity (Wildman–Crippen MR) is 90.0 cm³/mol. The van der Waals surface area contributed by atoms with Crippen LogP contribution in [0.25, 0.3) is 0 Å². The summed E-state index contributed by atoms with van der Waals surface area (Å²) >= 11 is 0. The number of nitrogens with zero attached hydrogens (tertiary/aromatic N) is 1. The van der Waals surface area contributed by atoms with Crippen molar-refractivity contribution in [2.45, 2.75) is 38.1 Å².